The molecular weight excluding hydrogens is 312 g/mol. The van der Waals surface area contributed by atoms with Crippen LogP contribution in [-0.4, -0.2) is 35.0 Å². The van der Waals surface area contributed by atoms with E-state index in [4.69, 9.17) is 4.74 Å². The molecule has 0 N–H and O–H groups in total. The molecule has 25 heavy (non-hydrogen) atoms. The number of benzene rings is 1. The summed E-state index contributed by atoms with van der Waals surface area (Å²) in [6.45, 7) is 5.64. The maximum Gasteiger partial charge on any atom is 0.253 e. The summed E-state index contributed by atoms with van der Waals surface area (Å²) in [6, 6.07) is 11.8. The Bertz CT molecular complexity index is 789. The molecular formula is C21H24N2O2. The first kappa shape index (κ1) is 16.1. The van der Waals surface area contributed by atoms with E-state index in [1.54, 1.807) is 6.20 Å². The molecule has 2 heterocycles. The van der Waals surface area contributed by atoms with Crippen molar-refractivity contribution in [2.75, 3.05) is 13.1 Å². The van der Waals surface area contributed by atoms with Gasteiger partial charge in [-0.3, -0.25) is 9.78 Å². The highest BCUT2D eigenvalue weighted by Crippen LogP contribution is 2.40. The van der Waals surface area contributed by atoms with Crippen molar-refractivity contribution in [3.05, 3.63) is 59.4 Å². The van der Waals surface area contributed by atoms with Crippen molar-refractivity contribution in [3.8, 4) is 5.75 Å². The van der Waals surface area contributed by atoms with Gasteiger partial charge in [0.2, 0.25) is 0 Å². The van der Waals surface area contributed by atoms with Crippen molar-refractivity contribution < 1.29 is 9.53 Å². The zero-order chi connectivity index (χ0) is 17.4. The van der Waals surface area contributed by atoms with Crippen LogP contribution in [0.5, 0.6) is 5.75 Å². The molecule has 0 radical (unpaired) electrons. The van der Waals surface area contributed by atoms with Crippen LogP contribution in [0.15, 0.2) is 42.6 Å². The molecule has 1 amide bonds. The van der Waals surface area contributed by atoms with E-state index in [1.807, 2.05) is 55.1 Å². The molecule has 1 aliphatic heterocycles. The van der Waals surface area contributed by atoms with Crippen LogP contribution in [0.2, 0.25) is 0 Å². The third-order valence-corrected chi connectivity index (χ3v) is 5.58. The van der Waals surface area contributed by atoms with Crippen LogP contribution in [0.1, 0.15) is 34.5 Å². The fraction of sp³-hybridized carbons (Fsp3) is 0.429. The van der Waals surface area contributed by atoms with Crippen LogP contribution >= 0.6 is 0 Å². The lowest BCUT2D eigenvalue weighted by Crippen LogP contribution is -2.32. The van der Waals surface area contributed by atoms with E-state index in [2.05, 4.69) is 4.98 Å². The van der Waals surface area contributed by atoms with Crippen molar-refractivity contribution in [1.29, 1.82) is 0 Å². The van der Waals surface area contributed by atoms with Gasteiger partial charge in [0.1, 0.15) is 11.9 Å². The van der Waals surface area contributed by atoms with Gasteiger partial charge in [0, 0.05) is 30.8 Å². The molecule has 4 nitrogen and oxygen atoms in total. The fourth-order valence-electron chi connectivity index (χ4n) is 4.25. The Morgan fingerprint density at radius 1 is 1.16 bits per heavy atom. The number of fused-ring (bicyclic) bond motifs is 1. The van der Waals surface area contributed by atoms with E-state index in [1.165, 1.54) is 0 Å². The van der Waals surface area contributed by atoms with E-state index in [0.717, 1.165) is 48.5 Å². The van der Waals surface area contributed by atoms with Gasteiger partial charge >= 0.3 is 0 Å². The van der Waals surface area contributed by atoms with Crippen LogP contribution in [0.3, 0.4) is 0 Å². The van der Waals surface area contributed by atoms with Gasteiger partial charge in [0.05, 0.1) is 5.69 Å². The highest BCUT2D eigenvalue weighted by atomic mass is 16.5. The van der Waals surface area contributed by atoms with Gasteiger partial charge in [0.25, 0.3) is 5.91 Å². The number of carbonyl (C=O) groups excluding carboxylic acids is 1. The second-order valence-corrected chi connectivity index (χ2v) is 7.32. The lowest BCUT2D eigenvalue weighted by molar-refractivity contribution is 0.0762. The lowest BCUT2D eigenvalue weighted by atomic mass is 9.99. The number of aryl methyl sites for hydroxylation is 2. The van der Waals surface area contributed by atoms with Gasteiger partial charge in [-0.1, -0.05) is 17.7 Å². The molecule has 1 saturated heterocycles. The first-order chi connectivity index (χ1) is 12.1. The quantitative estimate of drug-likeness (QED) is 0.859. The van der Waals surface area contributed by atoms with Crippen molar-refractivity contribution >= 4 is 5.91 Å². The van der Waals surface area contributed by atoms with E-state index >= 15 is 0 Å². The van der Waals surface area contributed by atoms with E-state index in [-0.39, 0.29) is 12.0 Å². The number of aromatic nitrogens is 1. The fourth-order valence-corrected chi connectivity index (χ4v) is 4.25. The zero-order valence-electron chi connectivity index (χ0n) is 14.8. The van der Waals surface area contributed by atoms with Crippen LogP contribution in [0, 0.1) is 25.7 Å². The van der Waals surface area contributed by atoms with E-state index < -0.39 is 0 Å². The minimum atomic E-state index is 0.148. The molecule has 1 aliphatic carbocycles. The van der Waals surface area contributed by atoms with E-state index in [9.17, 15) is 4.79 Å². The number of nitrogens with zero attached hydrogens (tertiary/aromatic N) is 2. The second kappa shape index (κ2) is 6.51. The normalized spacial score (nSPS) is 25.0. The van der Waals surface area contributed by atoms with Gasteiger partial charge in [-0.2, -0.15) is 0 Å². The number of carbonyl (C=O) groups is 1. The number of ether oxygens (including phenoxy) is 1. The first-order valence-electron chi connectivity index (χ1n) is 9.06. The summed E-state index contributed by atoms with van der Waals surface area (Å²) in [5.41, 5.74) is 2.84. The molecule has 1 aromatic carbocycles. The minimum Gasteiger partial charge on any atom is -0.488 e. The van der Waals surface area contributed by atoms with Crippen molar-refractivity contribution in [1.82, 2.24) is 9.88 Å². The Labute approximate surface area is 148 Å². The number of amides is 1. The Kier molecular flexibility index (Phi) is 4.20. The summed E-state index contributed by atoms with van der Waals surface area (Å²) >= 11 is 0. The molecule has 0 unspecified atom stereocenters. The van der Waals surface area contributed by atoms with Crippen LogP contribution in [0.4, 0.5) is 0 Å². The average Bonchev–Trinajstić information content (AvgIpc) is 3.18. The van der Waals surface area contributed by atoms with Crippen molar-refractivity contribution in [2.45, 2.75) is 32.8 Å². The third-order valence-electron chi connectivity index (χ3n) is 5.58. The molecule has 0 spiro atoms. The molecule has 3 atom stereocenters. The number of rotatable bonds is 3. The molecule has 1 saturated carbocycles. The topological polar surface area (TPSA) is 42.4 Å². The molecule has 2 aliphatic rings. The predicted molar refractivity (Wildman–Crippen MR) is 96.7 cm³/mol. The smallest absolute Gasteiger partial charge is 0.253 e. The summed E-state index contributed by atoms with van der Waals surface area (Å²) in [7, 11) is 0. The van der Waals surface area contributed by atoms with E-state index in [0.29, 0.717) is 11.8 Å². The van der Waals surface area contributed by atoms with Crippen molar-refractivity contribution in [3.63, 3.8) is 0 Å². The van der Waals surface area contributed by atoms with Gasteiger partial charge in [-0.25, -0.2) is 0 Å². The minimum absolute atomic E-state index is 0.148. The molecule has 2 fully saturated rings. The highest BCUT2D eigenvalue weighted by Gasteiger charge is 2.45. The summed E-state index contributed by atoms with van der Waals surface area (Å²) in [6.07, 6.45) is 4.17. The zero-order valence-corrected chi connectivity index (χ0v) is 14.8. The van der Waals surface area contributed by atoms with Crippen LogP contribution in [0.25, 0.3) is 0 Å². The largest absolute Gasteiger partial charge is 0.488 e. The van der Waals surface area contributed by atoms with Crippen LogP contribution < -0.4 is 4.74 Å². The SMILES string of the molecule is Cc1cccc(C(=O)N2C[C@H]3CC[C@@H](Oc4cccnc4C)[C@H]3C2)c1. The number of pyridine rings is 1. The number of hydrogen-bond donors (Lipinski definition) is 0. The summed E-state index contributed by atoms with van der Waals surface area (Å²) in [4.78, 5) is 19.1. The summed E-state index contributed by atoms with van der Waals surface area (Å²) < 4.78 is 6.27. The third kappa shape index (κ3) is 3.13. The monoisotopic (exact) mass is 336 g/mol. The van der Waals surface area contributed by atoms with Crippen LogP contribution in [-0.2, 0) is 0 Å². The molecule has 1 aromatic heterocycles. The Morgan fingerprint density at radius 3 is 2.84 bits per heavy atom. The summed E-state index contributed by atoms with van der Waals surface area (Å²) in [5, 5.41) is 0. The Balaban J connectivity index is 1.46. The maximum absolute atomic E-state index is 12.8. The molecule has 2 aromatic rings. The van der Waals surface area contributed by atoms with Crippen molar-refractivity contribution in [2.24, 2.45) is 11.8 Å². The summed E-state index contributed by atoms with van der Waals surface area (Å²) in [5.74, 6) is 2.00. The number of hydrogen-bond acceptors (Lipinski definition) is 3. The van der Waals surface area contributed by atoms with Gasteiger partial charge in [0.15, 0.2) is 0 Å². The molecule has 130 valence electrons. The predicted octanol–water partition coefficient (Wildman–Crippen LogP) is 3.63. The molecule has 0 bridgehead atoms. The average molecular weight is 336 g/mol. The Hall–Kier alpha value is -2.36. The van der Waals surface area contributed by atoms with Gasteiger partial charge in [-0.05, 0) is 56.9 Å². The Morgan fingerprint density at radius 2 is 2.04 bits per heavy atom. The van der Waals surface area contributed by atoms with Gasteiger partial charge < -0.3 is 9.64 Å². The second-order valence-electron chi connectivity index (χ2n) is 7.32. The molecule has 4 rings (SSSR count). The maximum atomic E-state index is 12.8. The van der Waals surface area contributed by atoms with Gasteiger partial charge in [-0.15, -0.1) is 0 Å². The molecule has 4 heteroatoms. The highest BCUT2D eigenvalue weighted by molar-refractivity contribution is 5.94. The standard InChI is InChI=1S/C21H24N2O2/c1-14-5-3-6-16(11-14)21(24)23-12-17-8-9-20(18(17)13-23)25-19-7-4-10-22-15(19)2/h3-7,10-11,17-18,20H,8-9,12-13H2,1-2H3/t17-,18+,20-/m1/s1. The first-order valence-corrected chi connectivity index (χ1v) is 9.06. The lowest BCUT2D eigenvalue weighted by Gasteiger charge is -2.22. The number of likely N-dealkylation sites (tertiary alicyclic amines) is 1.